The number of fused-ring (bicyclic) bond motifs is 6. The quantitative estimate of drug-likeness (QED) is 0.144. The van der Waals surface area contributed by atoms with Gasteiger partial charge in [-0.25, -0.2) is 8.78 Å². The highest BCUT2D eigenvalue weighted by atomic mass is 32.2. The van der Waals surface area contributed by atoms with Crippen molar-refractivity contribution in [2.45, 2.75) is 16.6 Å². The second-order valence-electron chi connectivity index (χ2n) is 9.18. The Morgan fingerprint density at radius 1 is 0.800 bits per heavy atom. The number of allylic oxidation sites excluding steroid dienone is 2. The first-order valence-electron chi connectivity index (χ1n) is 11.4. The molecule has 2 atom stereocenters. The van der Waals surface area contributed by atoms with E-state index in [-0.39, 0.29) is 24.0 Å². The van der Waals surface area contributed by atoms with Gasteiger partial charge in [0.25, 0.3) is 0 Å². The molecule has 1 aliphatic carbocycles. The fourth-order valence-electron chi connectivity index (χ4n) is 4.78. The van der Waals surface area contributed by atoms with E-state index in [4.69, 9.17) is 9.47 Å². The molecule has 2 unspecified atom stereocenters. The Balaban J connectivity index is 1.82. The van der Waals surface area contributed by atoms with E-state index >= 15 is 17.6 Å². The normalized spacial score (nSPS) is 20.4. The smallest absolute Gasteiger partial charge is 0.450 e. The first-order chi connectivity index (χ1) is 20.6. The van der Waals surface area contributed by atoms with Gasteiger partial charge in [-0.05, 0) is 12.1 Å². The van der Waals surface area contributed by atoms with E-state index in [0.717, 1.165) is 18.2 Å². The Morgan fingerprint density at radius 3 is 1.64 bits per heavy atom. The van der Waals surface area contributed by atoms with Crippen LogP contribution in [0.2, 0.25) is 0 Å². The molecule has 0 amide bonds. The third-order valence-electron chi connectivity index (χ3n) is 6.61. The standard InChI is InChI=1S/C23H8F10O10S2/c24-12-4-10-16(14(26)18(12)42-44(36,37)22(28,29)30)40-17-11(5-13(25)19(15(17)27)43-45(38,39)23(31,32)33)21(10)9-2-1-7(6-34)3-8(9)20(35)41-21/h1-6,8-9H. The third kappa shape index (κ3) is 4.68. The molecule has 0 saturated carbocycles. The molecule has 0 N–H and O–H groups in total. The number of esters is 1. The van der Waals surface area contributed by atoms with Gasteiger partial charge >= 0.3 is 37.2 Å². The third-order valence-corrected chi connectivity index (χ3v) is 8.52. The lowest BCUT2D eigenvalue weighted by Crippen LogP contribution is -2.39. The molecule has 0 radical (unpaired) electrons. The molecule has 45 heavy (non-hydrogen) atoms. The van der Waals surface area contributed by atoms with Gasteiger partial charge in [0.15, 0.2) is 28.7 Å². The molecule has 2 aliphatic heterocycles. The van der Waals surface area contributed by atoms with E-state index in [0.29, 0.717) is 0 Å². The van der Waals surface area contributed by atoms with Crippen LogP contribution in [-0.2, 0) is 40.2 Å². The Kier molecular flexibility index (Phi) is 7.00. The Hall–Kier alpha value is -4.34. The van der Waals surface area contributed by atoms with Crippen molar-refractivity contribution in [3.8, 4) is 23.0 Å². The van der Waals surface area contributed by atoms with E-state index in [1.54, 1.807) is 0 Å². The number of benzene rings is 2. The summed E-state index contributed by atoms with van der Waals surface area (Å²) in [5, 5.41) is 0. The Labute approximate surface area is 242 Å². The van der Waals surface area contributed by atoms with E-state index in [1.807, 2.05) is 0 Å². The number of hydrogen-bond acceptors (Lipinski definition) is 10. The van der Waals surface area contributed by atoms with Crippen LogP contribution in [0.15, 0.2) is 35.9 Å². The van der Waals surface area contributed by atoms with Crippen molar-refractivity contribution in [3.63, 3.8) is 0 Å². The fourth-order valence-corrected chi connectivity index (χ4v) is 5.71. The first kappa shape index (κ1) is 32.1. The summed E-state index contributed by atoms with van der Waals surface area (Å²) in [6.07, 6.45) is 3.17. The minimum atomic E-state index is -6.79. The summed E-state index contributed by atoms with van der Waals surface area (Å²) in [5.74, 6) is -21.9. The maximum absolute atomic E-state index is 15.6. The van der Waals surface area contributed by atoms with Crippen LogP contribution in [0.25, 0.3) is 0 Å². The molecular formula is C23H8F10O10S2. The lowest BCUT2D eigenvalue weighted by Gasteiger charge is -2.40. The highest BCUT2D eigenvalue weighted by molar-refractivity contribution is 7.88. The summed E-state index contributed by atoms with van der Waals surface area (Å²) in [4.78, 5) is 24.2. The molecule has 242 valence electrons. The second-order valence-corrected chi connectivity index (χ2v) is 12.3. The monoisotopic (exact) mass is 698 g/mol. The van der Waals surface area contributed by atoms with Crippen molar-refractivity contribution in [3.05, 3.63) is 70.3 Å². The summed E-state index contributed by atoms with van der Waals surface area (Å²) in [6.45, 7) is 0. The summed E-state index contributed by atoms with van der Waals surface area (Å²) in [6, 6.07) is 0.0543. The van der Waals surface area contributed by atoms with Crippen LogP contribution in [0.1, 0.15) is 11.1 Å². The van der Waals surface area contributed by atoms with Gasteiger partial charge in [-0.1, -0.05) is 18.2 Å². The largest absolute Gasteiger partial charge is 0.534 e. The highest BCUT2D eigenvalue weighted by Gasteiger charge is 2.62. The van der Waals surface area contributed by atoms with Gasteiger partial charge in [0.2, 0.25) is 23.1 Å². The second kappa shape index (κ2) is 9.83. The topological polar surface area (TPSA) is 139 Å². The molecule has 2 heterocycles. The number of rotatable bonds is 5. The van der Waals surface area contributed by atoms with Crippen molar-refractivity contribution in [2.75, 3.05) is 0 Å². The van der Waals surface area contributed by atoms with Crippen LogP contribution in [0.4, 0.5) is 43.9 Å². The van der Waals surface area contributed by atoms with Crippen molar-refractivity contribution in [2.24, 2.45) is 11.8 Å². The predicted octanol–water partition coefficient (Wildman–Crippen LogP) is 4.53. The molecule has 3 aliphatic rings. The Bertz CT molecular complexity index is 1860. The van der Waals surface area contributed by atoms with Crippen LogP contribution in [0.3, 0.4) is 0 Å². The molecule has 0 bridgehead atoms. The summed E-state index contributed by atoms with van der Waals surface area (Å²) in [5.41, 5.74) is -17.7. The molecule has 1 saturated heterocycles. The number of halogens is 10. The molecule has 22 heteroatoms. The molecule has 5 rings (SSSR count). The molecule has 2 aromatic rings. The van der Waals surface area contributed by atoms with Gasteiger partial charge in [0, 0.05) is 22.6 Å². The SMILES string of the molecule is O=CC1=CC2C(=O)OC3(c4cc(F)c(OS(=O)(=O)C(F)(F)F)c(F)c4Oc4c3cc(F)c(OS(=O)(=O)C(F)(F)F)c4F)C2C=C1. The van der Waals surface area contributed by atoms with Crippen LogP contribution in [-0.4, -0.2) is 40.1 Å². The average Bonchev–Trinajstić information content (AvgIpc) is 3.21. The zero-order valence-corrected chi connectivity index (χ0v) is 22.4. The Morgan fingerprint density at radius 2 is 1.24 bits per heavy atom. The van der Waals surface area contributed by atoms with Gasteiger partial charge in [-0.2, -0.15) is 52.0 Å². The number of carbonyl (C=O) groups is 2. The maximum Gasteiger partial charge on any atom is 0.534 e. The lowest BCUT2D eigenvalue weighted by atomic mass is 9.69. The van der Waals surface area contributed by atoms with E-state index < -0.39 is 112 Å². The van der Waals surface area contributed by atoms with Crippen molar-refractivity contribution < 1.29 is 88.2 Å². The van der Waals surface area contributed by atoms with E-state index in [9.17, 15) is 52.8 Å². The fraction of sp³-hybridized carbons (Fsp3) is 0.217. The van der Waals surface area contributed by atoms with Crippen LogP contribution in [0, 0.1) is 35.1 Å². The van der Waals surface area contributed by atoms with Crippen molar-refractivity contribution in [1.82, 2.24) is 0 Å². The van der Waals surface area contributed by atoms with Crippen molar-refractivity contribution >= 4 is 32.5 Å². The summed E-state index contributed by atoms with van der Waals surface area (Å²) >= 11 is 0. The molecule has 1 spiro atoms. The van der Waals surface area contributed by atoms with Crippen LogP contribution < -0.4 is 13.1 Å². The molecule has 0 aromatic heterocycles. The lowest BCUT2D eigenvalue weighted by molar-refractivity contribution is -0.148. The van der Waals surface area contributed by atoms with Crippen LogP contribution >= 0.6 is 0 Å². The molecule has 10 nitrogen and oxygen atoms in total. The molecule has 2 aromatic carbocycles. The number of alkyl halides is 6. The molecular weight excluding hydrogens is 690 g/mol. The number of aldehydes is 1. The first-order valence-corrected chi connectivity index (χ1v) is 14.2. The maximum atomic E-state index is 15.6. The van der Waals surface area contributed by atoms with Gasteiger partial charge in [-0.3, -0.25) is 9.59 Å². The van der Waals surface area contributed by atoms with Crippen LogP contribution in [0.5, 0.6) is 23.0 Å². The minimum absolute atomic E-state index is 0.0272. The van der Waals surface area contributed by atoms with Crippen molar-refractivity contribution in [1.29, 1.82) is 0 Å². The van der Waals surface area contributed by atoms with Gasteiger partial charge in [0.05, 0.1) is 5.92 Å². The number of ether oxygens (including phenoxy) is 2. The number of carbonyl (C=O) groups excluding carboxylic acids is 2. The average molecular weight is 698 g/mol. The molecule has 1 fully saturated rings. The number of hydrogen-bond donors (Lipinski definition) is 0. The summed E-state index contributed by atoms with van der Waals surface area (Å²) in [7, 11) is -13.6. The van der Waals surface area contributed by atoms with Gasteiger partial charge in [0.1, 0.15) is 6.29 Å². The summed E-state index contributed by atoms with van der Waals surface area (Å²) < 4.78 is 202. The van der Waals surface area contributed by atoms with Gasteiger partial charge in [-0.15, -0.1) is 0 Å². The van der Waals surface area contributed by atoms with E-state index in [1.165, 1.54) is 0 Å². The zero-order valence-electron chi connectivity index (χ0n) is 20.8. The zero-order chi connectivity index (χ0) is 33.7. The predicted molar refractivity (Wildman–Crippen MR) is 121 cm³/mol. The van der Waals surface area contributed by atoms with E-state index in [2.05, 4.69) is 8.37 Å². The highest BCUT2D eigenvalue weighted by Crippen LogP contribution is 2.62. The minimum Gasteiger partial charge on any atom is -0.450 e. The van der Waals surface area contributed by atoms with Gasteiger partial charge < -0.3 is 17.8 Å².